The van der Waals surface area contributed by atoms with Crippen molar-refractivity contribution in [2.24, 2.45) is 0 Å². The van der Waals surface area contributed by atoms with E-state index in [0.29, 0.717) is 0 Å². The van der Waals surface area contributed by atoms with E-state index in [2.05, 4.69) is 42.3 Å². The second kappa shape index (κ2) is 6.02. The van der Waals surface area contributed by atoms with Gasteiger partial charge in [0.25, 0.3) is 5.91 Å². The zero-order chi connectivity index (χ0) is 14.8. The Kier molecular flexibility index (Phi) is 4.11. The molecule has 110 valence electrons. The molecule has 2 heterocycles. The molecule has 0 saturated heterocycles. The molecule has 3 heteroatoms. The molecule has 2 aromatic rings. The Bertz CT molecular complexity index is 629. The van der Waals surface area contributed by atoms with Crippen LogP contribution in [0.15, 0.2) is 35.7 Å². The van der Waals surface area contributed by atoms with Crippen LogP contribution in [-0.4, -0.2) is 17.4 Å². The highest BCUT2D eigenvalue weighted by atomic mass is 32.1. The van der Waals surface area contributed by atoms with Gasteiger partial charge in [-0.05, 0) is 54.0 Å². The standard InChI is InChI=1S/C18H21NOS/c1-3-13-5-7-14(8-6-13)18(20)19-11-9-17-15(10-12-21-17)16(19)4-2/h5-8,10,12,16H,3-4,9,11H2,1-2H3. The minimum absolute atomic E-state index is 0.168. The second-order valence-corrected chi connectivity index (χ2v) is 6.52. The molecular formula is C18H21NOS. The lowest BCUT2D eigenvalue weighted by molar-refractivity contribution is 0.0657. The first-order valence-corrected chi connectivity index (χ1v) is 8.58. The summed E-state index contributed by atoms with van der Waals surface area (Å²) in [7, 11) is 0. The average Bonchev–Trinajstić information content (AvgIpc) is 3.02. The van der Waals surface area contributed by atoms with Gasteiger partial charge in [0.2, 0.25) is 0 Å². The molecule has 1 unspecified atom stereocenters. The summed E-state index contributed by atoms with van der Waals surface area (Å²) < 4.78 is 0. The van der Waals surface area contributed by atoms with Gasteiger partial charge in [0.1, 0.15) is 0 Å². The van der Waals surface area contributed by atoms with Crippen LogP contribution in [0, 0.1) is 0 Å². The number of nitrogens with zero attached hydrogens (tertiary/aromatic N) is 1. The van der Waals surface area contributed by atoms with Gasteiger partial charge in [-0.25, -0.2) is 0 Å². The second-order valence-electron chi connectivity index (χ2n) is 5.52. The van der Waals surface area contributed by atoms with E-state index in [-0.39, 0.29) is 11.9 Å². The summed E-state index contributed by atoms with van der Waals surface area (Å²) in [6.45, 7) is 5.13. The Morgan fingerprint density at radius 2 is 2.00 bits per heavy atom. The van der Waals surface area contributed by atoms with Crippen LogP contribution in [-0.2, 0) is 12.8 Å². The minimum atomic E-state index is 0.168. The van der Waals surface area contributed by atoms with Crippen molar-refractivity contribution in [3.05, 3.63) is 57.3 Å². The number of aryl methyl sites for hydroxylation is 1. The van der Waals surface area contributed by atoms with E-state index in [9.17, 15) is 4.79 Å². The Morgan fingerprint density at radius 3 is 2.67 bits per heavy atom. The maximum absolute atomic E-state index is 12.8. The fourth-order valence-corrected chi connectivity index (χ4v) is 4.06. The quantitative estimate of drug-likeness (QED) is 0.819. The number of benzene rings is 1. The summed E-state index contributed by atoms with van der Waals surface area (Å²) in [5, 5.41) is 2.15. The summed E-state index contributed by atoms with van der Waals surface area (Å²) in [4.78, 5) is 16.3. The normalized spacial score (nSPS) is 17.6. The van der Waals surface area contributed by atoms with E-state index < -0.39 is 0 Å². The van der Waals surface area contributed by atoms with Gasteiger partial charge in [-0.3, -0.25) is 4.79 Å². The van der Waals surface area contributed by atoms with Gasteiger partial charge in [0.15, 0.2) is 0 Å². The fourth-order valence-electron chi connectivity index (χ4n) is 3.13. The monoisotopic (exact) mass is 299 g/mol. The van der Waals surface area contributed by atoms with E-state index in [0.717, 1.165) is 31.4 Å². The van der Waals surface area contributed by atoms with E-state index in [1.54, 1.807) is 0 Å². The highest BCUT2D eigenvalue weighted by molar-refractivity contribution is 7.10. The highest BCUT2D eigenvalue weighted by Crippen LogP contribution is 2.35. The third-order valence-electron chi connectivity index (χ3n) is 4.35. The van der Waals surface area contributed by atoms with E-state index in [4.69, 9.17) is 0 Å². The number of rotatable bonds is 3. The van der Waals surface area contributed by atoms with Crippen molar-refractivity contribution in [2.75, 3.05) is 6.54 Å². The molecule has 1 aromatic heterocycles. The topological polar surface area (TPSA) is 20.3 Å². The Balaban J connectivity index is 1.87. The summed E-state index contributed by atoms with van der Waals surface area (Å²) in [6, 6.07) is 10.5. The number of carbonyl (C=O) groups excluding carboxylic acids is 1. The lowest BCUT2D eigenvalue weighted by atomic mass is 9.96. The van der Waals surface area contributed by atoms with Crippen LogP contribution in [0.4, 0.5) is 0 Å². The Morgan fingerprint density at radius 1 is 1.24 bits per heavy atom. The van der Waals surface area contributed by atoms with Gasteiger partial charge in [-0.1, -0.05) is 26.0 Å². The number of hydrogen-bond donors (Lipinski definition) is 0. The number of amides is 1. The van der Waals surface area contributed by atoms with Crippen molar-refractivity contribution in [3.63, 3.8) is 0 Å². The molecule has 0 N–H and O–H groups in total. The number of carbonyl (C=O) groups is 1. The van der Waals surface area contributed by atoms with Gasteiger partial charge in [-0.15, -0.1) is 11.3 Å². The molecule has 0 saturated carbocycles. The predicted molar refractivity (Wildman–Crippen MR) is 87.9 cm³/mol. The van der Waals surface area contributed by atoms with Gasteiger partial charge >= 0.3 is 0 Å². The molecule has 1 atom stereocenters. The van der Waals surface area contributed by atoms with Gasteiger partial charge in [-0.2, -0.15) is 0 Å². The molecular weight excluding hydrogens is 278 g/mol. The van der Waals surface area contributed by atoms with Crippen molar-refractivity contribution < 1.29 is 4.79 Å². The molecule has 1 amide bonds. The molecule has 1 aliphatic heterocycles. The smallest absolute Gasteiger partial charge is 0.254 e. The van der Waals surface area contributed by atoms with Gasteiger partial charge in [0, 0.05) is 17.0 Å². The highest BCUT2D eigenvalue weighted by Gasteiger charge is 2.30. The SMILES string of the molecule is CCc1ccc(C(=O)N2CCc3sccc3C2CC)cc1. The lowest BCUT2D eigenvalue weighted by Gasteiger charge is -2.35. The molecule has 0 aliphatic carbocycles. The average molecular weight is 299 g/mol. The molecule has 1 aliphatic rings. The van der Waals surface area contributed by atoms with Crippen LogP contribution in [0.1, 0.15) is 52.7 Å². The largest absolute Gasteiger partial charge is 0.331 e. The first-order chi connectivity index (χ1) is 10.2. The predicted octanol–water partition coefficient (Wildman–Crippen LogP) is 4.46. The molecule has 0 fully saturated rings. The summed E-state index contributed by atoms with van der Waals surface area (Å²) in [6.07, 6.45) is 2.97. The zero-order valence-corrected chi connectivity index (χ0v) is 13.5. The molecule has 3 rings (SSSR count). The summed E-state index contributed by atoms with van der Waals surface area (Å²) in [5.74, 6) is 0.168. The summed E-state index contributed by atoms with van der Waals surface area (Å²) >= 11 is 1.82. The van der Waals surface area contributed by atoms with Crippen LogP contribution in [0.25, 0.3) is 0 Å². The Hall–Kier alpha value is -1.61. The third-order valence-corrected chi connectivity index (χ3v) is 5.35. The van der Waals surface area contributed by atoms with E-state index in [1.165, 1.54) is 16.0 Å². The van der Waals surface area contributed by atoms with Crippen LogP contribution < -0.4 is 0 Å². The molecule has 1 aromatic carbocycles. The number of hydrogen-bond acceptors (Lipinski definition) is 2. The van der Waals surface area contributed by atoms with Crippen molar-refractivity contribution in [1.82, 2.24) is 4.90 Å². The molecule has 21 heavy (non-hydrogen) atoms. The first kappa shape index (κ1) is 14.3. The van der Waals surface area contributed by atoms with Crippen LogP contribution in [0.5, 0.6) is 0 Å². The van der Waals surface area contributed by atoms with E-state index in [1.807, 2.05) is 23.5 Å². The lowest BCUT2D eigenvalue weighted by Crippen LogP contribution is -2.39. The van der Waals surface area contributed by atoms with Gasteiger partial charge in [0.05, 0.1) is 6.04 Å². The molecule has 0 spiro atoms. The molecule has 0 bridgehead atoms. The third kappa shape index (κ3) is 2.62. The fraction of sp³-hybridized carbons (Fsp3) is 0.389. The van der Waals surface area contributed by atoms with Gasteiger partial charge < -0.3 is 4.90 Å². The maximum atomic E-state index is 12.8. The van der Waals surface area contributed by atoms with Crippen molar-refractivity contribution in [3.8, 4) is 0 Å². The zero-order valence-electron chi connectivity index (χ0n) is 12.6. The van der Waals surface area contributed by atoms with Crippen molar-refractivity contribution in [1.29, 1.82) is 0 Å². The first-order valence-electron chi connectivity index (χ1n) is 7.70. The summed E-state index contributed by atoms with van der Waals surface area (Å²) in [5.41, 5.74) is 3.44. The van der Waals surface area contributed by atoms with Crippen molar-refractivity contribution in [2.45, 2.75) is 39.2 Å². The van der Waals surface area contributed by atoms with Crippen LogP contribution in [0.2, 0.25) is 0 Å². The van der Waals surface area contributed by atoms with Crippen LogP contribution >= 0.6 is 11.3 Å². The number of thiophene rings is 1. The van der Waals surface area contributed by atoms with Crippen molar-refractivity contribution >= 4 is 17.2 Å². The van der Waals surface area contributed by atoms with Crippen LogP contribution in [0.3, 0.4) is 0 Å². The maximum Gasteiger partial charge on any atom is 0.254 e. The number of fused-ring (bicyclic) bond motifs is 1. The Labute approximate surface area is 130 Å². The van der Waals surface area contributed by atoms with E-state index >= 15 is 0 Å². The molecule has 2 nitrogen and oxygen atoms in total. The molecule has 0 radical (unpaired) electrons. The minimum Gasteiger partial charge on any atom is -0.331 e.